The van der Waals surface area contributed by atoms with Crippen LogP contribution in [0.5, 0.6) is 0 Å². The zero-order valence-electron chi connectivity index (χ0n) is 24.5. The maximum absolute atomic E-state index is 12.6. The Kier molecular flexibility index (Phi) is 24.4. The Bertz CT molecular complexity index is 425. The number of ether oxygens (including phenoxy) is 1. The molecule has 1 N–H and O–H groups in total. The Balaban J connectivity index is 3.99. The van der Waals surface area contributed by atoms with Crippen molar-refractivity contribution in [2.45, 2.75) is 163 Å². The predicted octanol–water partition coefficient (Wildman–Crippen LogP) is 9.53. The maximum Gasteiger partial charge on any atom is 0.409 e. The van der Waals surface area contributed by atoms with Gasteiger partial charge >= 0.3 is 6.09 Å². The van der Waals surface area contributed by atoms with Gasteiger partial charge in [-0.25, -0.2) is 4.79 Å². The minimum absolute atomic E-state index is 0.111. The largest absolute Gasteiger partial charge is 0.447 e. The van der Waals surface area contributed by atoms with Gasteiger partial charge in [0.2, 0.25) is 0 Å². The molecule has 4 nitrogen and oxygen atoms in total. The van der Waals surface area contributed by atoms with Crippen LogP contribution < -0.4 is 0 Å². The second kappa shape index (κ2) is 24.9. The van der Waals surface area contributed by atoms with E-state index in [9.17, 15) is 9.90 Å². The van der Waals surface area contributed by atoms with Gasteiger partial charge in [0.15, 0.2) is 0 Å². The smallest absolute Gasteiger partial charge is 0.409 e. The van der Waals surface area contributed by atoms with E-state index in [-0.39, 0.29) is 12.7 Å². The quantitative estimate of drug-likeness (QED) is 0.128. The highest BCUT2D eigenvalue weighted by Crippen LogP contribution is 2.15. The second-order valence-electron chi connectivity index (χ2n) is 11.6. The molecule has 0 aromatic rings. The first-order valence-electron chi connectivity index (χ1n) is 15.5. The lowest BCUT2D eigenvalue weighted by Crippen LogP contribution is -2.35. The van der Waals surface area contributed by atoms with E-state index < -0.39 is 6.10 Å². The summed E-state index contributed by atoms with van der Waals surface area (Å²) >= 11 is 0. The molecule has 0 aromatic heterocycles. The standard InChI is InChI=1S/C31H63NO3/c1-6-30(33)27-35-31(34)32(25-21-17-13-9-7-11-15-19-23-28(2)3)26-22-18-14-10-8-12-16-20-24-29(4)5/h28-30,33H,6-27H2,1-5H3. The summed E-state index contributed by atoms with van der Waals surface area (Å²) in [6.45, 7) is 12.8. The maximum atomic E-state index is 12.6. The number of aliphatic hydroxyl groups excluding tert-OH is 1. The highest BCUT2D eigenvalue weighted by Gasteiger charge is 2.15. The summed E-state index contributed by atoms with van der Waals surface area (Å²) in [5.41, 5.74) is 0. The molecule has 0 aliphatic heterocycles. The minimum atomic E-state index is -0.554. The van der Waals surface area contributed by atoms with Crippen molar-refractivity contribution in [1.29, 1.82) is 0 Å². The van der Waals surface area contributed by atoms with Crippen molar-refractivity contribution in [3.63, 3.8) is 0 Å². The Labute approximate surface area is 220 Å². The molecule has 0 aliphatic rings. The van der Waals surface area contributed by atoms with Gasteiger partial charge in [-0.15, -0.1) is 0 Å². The molecule has 1 unspecified atom stereocenters. The first-order valence-corrected chi connectivity index (χ1v) is 15.5. The van der Waals surface area contributed by atoms with Gasteiger partial charge in [0, 0.05) is 13.1 Å². The van der Waals surface area contributed by atoms with Crippen molar-refractivity contribution in [3.05, 3.63) is 0 Å². The van der Waals surface area contributed by atoms with Gasteiger partial charge in [-0.05, 0) is 31.1 Å². The van der Waals surface area contributed by atoms with E-state index in [1.54, 1.807) is 0 Å². The van der Waals surface area contributed by atoms with Crippen LogP contribution in [0, 0.1) is 11.8 Å². The lowest BCUT2D eigenvalue weighted by atomic mass is 10.0. The Morgan fingerprint density at radius 3 is 1.31 bits per heavy atom. The van der Waals surface area contributed by atoms with Crippen LogP contribution in [0.4, 0.5) is 4.79 Å². The highest BCUT2D eigenvalue weighted by atomic mass is 16.6. The van der Waals surface area contributed by atoms with Gasteiger partial charge < -0.3 is 14.7 Å². The molecule has 0 heterocycles. The summed E-state index contributed by atoms with van der Waals surface area (Å²) in [5, 5.41) is 9.75. The van der Waals surface area contributed by atoms with Crippen molar-refractivity contribution in [2.24, 2.45) is 11.8 Å². The predicted molar refractivity (Wildman–Crippen MR) is 152 cm³/mol. The van der Waals surface area contributed by atoms with E-state index in [1.807, 2.05) is 11.8 Å². The normalized spacial score (nSPS) is 12.5. The first kappa shape index (κ1) is 34.2. The zero-order chi connectivity index (χ0) is 26.2. The molecule has 0 aliphatic carbocycles. The first-order chi connectivity index (χ1) is 16.9. The summed E-state index contributed by atoms with van der Waals surface area (Å²) in [6, 6.07) is 0. The third-order valence-electron chi connectivity index (χ3n) is 7.05. The third kappa shape index (κ3) is 24.7. The van der Waals surface area contributed by atoms with Gasteiger partial charge in [-0.2, -0.15) is 0 Å². The molecule has 0 fully saturated rings. The molecule has 1 atom stereocenters. The number of hydrogen-bond donors (Lipinski definition) is 1. The van der Waals surface area contributed by atoms with Crippen LogP contribution in [0.25, 0.3) is 0 Å². The molecule has 35 heavy (non-hydrogen) atoms. The molecule has 210 valence electrons. The van der Waals surface area contributed by atoms with Crippen LogP contribution in [0.15, 0.2) is 0 Å². The fourth-order valence-electron chi connectivity index (χ4n) is 4.50. The van der Waals surface area contributed by atoms with Gasteiger partial charge in [-0.3, -0.25) is 0 Å². The average Bonchev–Trinajstić information content (AvgIpc) is 2.82. The van der Waals surface area contributed by atoms with Gasteiger partial charge in [0.05, 0.1) is 6.10 Å². The van der Waals surface area contributed by atoms with E-state index in [0.717, 1.165) is 37.8 Å². The lowest BCUT2D eigenvalue weighted by Gasteiger charge is -2.23. The Hall–Kier alpha value is -0.770. The van der Waals surface area contributed by atoms with Crippen molar-refractivity contribution < 1.29 is 14.6 Å². The van der Waals surface area contributed by atoms with Crippen LogP contribution >= 0.6 is 0 Å². The molecule has 4 heteroatoms. The fraction of sp³-hybridized carbons (Fsp3) is 0.968. The molecule has 0 rings (SSSR count). The molecule has 0 radical (unpaired) electrons. The number of carbonyl (C=O) groups is 1. The van der Waals surface area contributed by atoms with Crippen molar-refractivity contribution in [3.8, 4) is 0 Å². The number of aliphatic hydroxyl groups is 1. The summed E-state index contributed by atoms with van der Waals surface area (Å²) in [4.78, 5) is 14.5. The van der Waals surface area contributed by atoms with Gasteiger partial charge in [0.25, 0.3) is 0 Å². The SMILES string of the molecule is CCC(O)COC(=O)N(CCCCCCCCCCC(C)C)CCCCCCCCCCC(C)C. The van der Waals surface area contributed by atoms with Crippen LogP contribution in [-0.2, 0) is 4.74 Å². The number of hydrogen-bond acceptors (Lipinski definition) is 3. The number of nitrogens with zero attached hydrogens (tertiary/aromatic N) is 1. The van der Waals surface area contributed by atoms with Gasteiger partial charge in [0.1, 0.15) is 6.61 Å². The number of rotatable bonds is 25. The fourth-order valence-corrected chi connectivity index (χ4v) is 4.50. The Morgan fingerprint density at radius 1 is 0.629 bits per heavy atom. The van der Waals surface area contributed by atoms with Crippen LogP contribution in [0.3, 0.4) is 0 Å². The molecular formula is C31H63NO3. The summed E-state index contributed by atoms with van der Waals surface area (Å²) in [7, 11) is 0. The van der Waals surface area contributed by atoms with Crippen LogP contribution in [0.2, 0.25) is 0 Å². The molecule has 0 bridgehead atoms. The number of unbranched alkanes of at least 4 members (excludes halogenated alkanes) is 14. The van der Waals surface area contributed by atoms with Gasteiger partial charge in [-0.1, -0.05) is 137 Å². The minimum Gasteiger partial charge on any atom is -0.447 e. The van der Waals surface area contributed by atoms with E-state index >= 15 is 0 Å². The summed E-state index contributed by atoms with van der Waals surface area (Å²) in [5.74, 6) is 1.67. The van der Waals surface area contributed by atoms with E-state index in [1.165, 1.54) is 103 Å². The zero-order valence-corrected chi connectivity index (χ0v) is 24.5. The monoisotopic (exact) mass is 497 g/mol. The molecule has 0 saturated carbocycles. The number of carbonyl (C=O) groups excluding carboxylic acids is 1. The highest BCUT2D eigenvalue weighted by molar-refractivity contribution is 5.67. The average molecular weight is 498 g/mol. The third-order valence-corrected chi connectivity index (χ3v) is 7.05. The molecule has 0 aromatic carbocycles. The van der Waals surface area contributed by atoms with E-state index in [4.69, 9.17) is 4.74 Å². The van der Waals surface area contributed by atoms with Crippen molar-refractivity contribution in [1.82, 2.24) is 4.90 Å². The second-order valence-corrected chi connectivity index (χ2v) is 11.6. The molecular weight excluding hydrogens is 434 g/mol. The number of amides is 1. The molecule has 0 saturated heterocycles. The summed E-state index contributed by atoms with van der Waals surface area (Å²) < 4.78 is 5.39. The summed E-state index contributed by atoms with van der Waals surface area (Å²) in [6.07, 6.45) is 23.1. The molecule has 0 spiro atoms. The van der Waals surface area contributed by atoms with E-state index in [2.05, 4.69) is 27.7 Å². The van der Waals surface area contributed by atoms with Crippen molar-refractivity contribution in [2.75, 3.05) is 19.7 Å². The van der Waals surface area contributed by atoms with Crippen LogP contribution in [-0.4, -0.2) is 41.9 Å². The Morgan fingerprint density at radius 2 is 0.971 bits per heavy atom. The van der Waals surface area contributed by atoms with E-state index in [0.29, 0.717) is 6.42 Å². The van der Waals surface area contributed by atoms with Crippen molar-refractivity contribution >= 4 is 6.09 Å². The topological polar surface area (TPSA) is 49.8 Å². The van der Waals surface area contributed by atoms with Crippen LogP contribution in [0.1, 0.15) is 157 Å². The lowest BCUT2D eigenvalue weighted by molar-refractivity contribution is 0.0456. The molecule has 1 amide bonds.